The van der Waals surface area contributed by atoms with Crippen molar-refractivity contribution in [2.45, 2.75) is 42.9 Å². The number of pyridine rings is 1. The molecule has 2 aromatic carbocycles. The number of sulfone groups is 1. The molecule has 0 saturated carbocycles. The van der Waals surface area contributed by atoms with Crippen molar-refractivity contribution in [1.29, 1.82) is 5.26 Å². The summed E-state index contributed by atoms with van der Waals surface area (Å²) in [4.78, 5) is 20.1. The molecular formula is C29H26N4O4S. The molecule has 0 atom stereocenters. The van der Waals surface area contributed by atoms with Gasteiger partial charge < -0.3 is 5.11 Å². The molecule has 38 heavy (non-hydrogen) atoms. The molecule has 192 valence electrons. The fraction of sp³-hybridized carbons (Fsp3) is 0.172. The Morgan fingerprint density at radius 3 is 2.58 bits per heavy atom. The van der Waals surface area contributed by atoms with Crippen LogP contribution in [0, 0.1) is 18.3 Å². The Morgan fingerprint density at radius 1 is 1.13 bits per heavy atom. The standard InChI is InChI=1S/C29H26N4O4S/c1-3-4-8-26-32-28(34)27(29(35)33(26)16-14-21-6-5-7-22(17-21)18-30)38(36,37)24-11-9-23(10-12-24)25-13-15-31-19-20(25)2/h5-7,9-17,19,35H,3-4,8H2,1-2H3. The van der Waals surface area contributed by atoms with Crippen LogP contribution in [0.2, 0.25) is 0 Å². The van der Waals surface area contributed by atoms with Crippen molar-refractivity contribution in [1.82, 2.24) is 14.5 Å². The molecule has 0 aliphatic heterocycles. The number of aromatic nitrogens is 3. The van der Waals surface area contributed by atoms with Gasteiger partial charge in [0.15, 0.2) is 4.90 Å². The van der Waals surface area contributed by atoms with Crippen LogP contribution in [-0.2, 0) is 16.3 Å². The van der Waals surface area contributed by atoms with E-state index in [1.165, 1.54) is 22.9 Å². The van der Waals surface area contributed by atoms with Crippen LogP contribution in [0.1, 0.15) is 42.3 Å². The summed E-state index contributed by atoms with van der Waals surface area (Å²) in [6.07, 6.45) is 8.31. The van der Waals surface area contributed by atoms with E-state index in [0.717, 1.165) is 23.1 Å². The maximum absolute atomic E-state index is 13.5. The van der Waals surface area contributed by atoms with Crippen molar-refractivity contribution < 1.29 is 13.5 Å². The SMILES string of the molecule is CCCCc1nc(=O)c(S(=O)(=O)c2ccc(-c3ccncc3C)cc2)c(O)n1C=Cc1cccc(C#N)c1. The van der Waals surface area contributed by atoms with Crippen LogP contribution < -0.4 is 5.56 Å². The first-order valence-electron chi connectivity index (χ1n) is 12.0. The van der Waals surface area contributed by atoms with Gasteiger partial charge in [0.1, 0.15) is 5.82 Å². The number of aryl methyl sites for hydroxylation is 2. The number of unbranched alkanes of at least 4 members (excludes halogenated alkanes) is 1. The van der Waals surface area contributed by atoms with Crippen LogP contribution in [0.4, 0.5) is 0 Å². The molecule has 0 amide bonds. The average Bonchev–Trinajstić information content (AvgIpc) is 2.91. The third-order valence-corrected chi connectivity index (χ3v) is 7.87. The smallest absolute Gasteiger partial charge is 0.296 e. The minimum Gasteiger partial charge on any atom is -0.493 e. The lowest BCUT2D eigenvalue weighted by Gasteiger charge is -2.14. The summed E-state index contributed by atoms with van der Waals surface area (Å²) in [5.41, 5.74) is 2.73. The normalized spacial score (nSPS) is 11.5. The Bertz CT molecular complexity index is 1720. The molecule has 4 aromatic rings. The predicted octanol–water partition coefficient (Wildman–Crippen LogP) is 4.99. The van der Waals surface area contributed by atoms with Gasteiger partial charge >= 0.3 is 0 Å². The van der Waals surface area contributed by atoms with Crippen molar-refractivity contribution >= 4 is 22.1 Å². The molecule has 9 heteroatoms. The van der Waals surface area contributed by atoms with E-state index in [1.54, 1.807) is 54.9 Å². The van der Waals surface area contributed by atoms with Gasteiger partial charge in [-0.2, -0.15) is 10.2 Å². The lowest BCUT2D eigenvalue weighted by Crippen LogP contribution is -2.23. The number of aromatic hydroxyl groups is 1. The lowest BCUT2D eigenvalue weighted by atomic mass is 10.0. The summed E-state index contributed by atoms with van der Waals surface area (Å²) in [5, 5.41) is 20.3. The zero-order chi connectivity index (χ0) is 27.3. The molecule has 0 saturated heterocycles. The predicted molar refractivity (Wildman–Crippen MR) is 145 cm³/mol. The molecule has 2 aromatic heterocycles. The van der Waals surface area contributed by atoms with Crippen molar-refractivity contribution in [2.75, 3.05) is 0 Å². The molecule has 0 aliphatic rings. The zero-order valence-electron chi connectivity index (χ0n) is 21.0. The fourth-order valence-electron chi connectivity index (χ4n) is 4.05. The molecule has 2 heterocycles. The minimum atomic E-state index is -4.40. The maximum atomic E-state index is 13.5. The second kappa shape index (κ2) is 11.2. The van der Waals surface area contributed by atoms with Crippen LogP contribution in [-0.4, -0.2) is 28.1 Å². The number of nitriles is 1. The van der Waals surface area contributed by atoms with E-state index in [4.69, 9.17) is 5.26 Å². The van der Waals surface area contributed by atoms with Gasteiger partial charge in [-0.15, -0.1) is 0 Å². The average molecular weight is 527 g/mol. The number of nitrogens with zero attached hydrogens (tertiary/aromatic N) is 4. The van der Waals surface area contributed by atoms with Gasteiger partial charge in [-0.25, -0.2) is 8.42 Å². The van der Waals surface area contributed by atoms with Gasteiger partial charge in [-0.05, 0) is 72.0 Å². The van der Waals surface area contributed by atoms with E-state index >= 15 is 0 Å². The monoisotopic (exact) mass is 526 g/mol. The highest BCUT2D eigenvalue weighted by Gasteiger charge is 2.29. The molecule has 0 aliphatic carbocycles. The van der Waals surface area contributed by atoms with E-state index in [2.05, 4.69) is 16.0 Å². The maximum Gasteiger partial charge on any atom is 0.296 e. The van der Waals surface area contributed by atoms with Crippen molar-refractivity contribution in [3.05, 3.63) is 99.9 Å². The number of hydrogen-bond donors (Lipinski definition) is 1. The second-order valence-corrected chi connectivity index (χ2v) is 10.6. The zero-order valence-corrected chi connectivity index (χ0v) is 21.8. The number of rotatable bonds is 8. The number of benzene rings is 2. The first-order chi connectivity index (χ1) is 18.3. The minimum absolute atomic E-state index is 0.138. The number of hydrogen-bond acceptors (Lipinski definition) is 7. The first kappa shape index (κ1) is 26.5. The van der Waals surface area contributed by atoms with Gasteiger partial charge in [0, 0.05) is 25.0 Å². The van der Waals surface area contributed by atoms with Gasteiger partial charge in [0.05, 0.1) is 16.5 Å². The summed E-state index contributed by atoms with van der Waals surface area (Å²) in [7, 11) is -4.40. The molecule has 8 nitrogen and oxygen atoms in total. The van der Waals surface area contributed by atoms with Crippen LogP contribution >= 0.6 is 0 Å². The molecule has 0 unspecified atom stereocenters. The van der Waals surface area contributed by atoms with Crippen LogP contribution in [0.5, 0.6) is 5.88 Å². The summed E-state index contributed by atoms with van der Waals surface area (Å²) in [6, 6.07) is 16.8. The van der Waals surface area contributed by atoms with E-state index in [0.29, 0.717) is 24.0 Å². The van der Waals surface area contributed by atoms with Gasteiger partial charge in [0.25, 0.3) is 5.56 Å². The van der Waals surface area contributed by atoms with Crippen molar-refractivity contribution in [2.24, 2.45) is 0 Å². The first-order valence-corrected chi connectivity index (χ1v) is 13.5. The molecule has 0 bridgehead atoms. The third-order valence-electron chi connectivity index (χ3n) is 6.08. The highest BCUT2D eigenvalue weighted by molar-refractivity contribution is 7.91. The molecule has 0 spiro atoms. The lowest BCUT2D eigenvalue weighted by molar-refractivity contribution is 0.414. The van der Waals surface area contributed by atoms with E-state index in [9.17, 15) is 18.3 Å². The van der Waals surface area contributed by atoms with Crippen molar-refractivity contribution in [3.8, 4) is 23.1 Å². The molecule has 4 rings (SSSR count). The molecule has 0 radical (unpaired) electrons. The highest BCUT2D eigenvalue weighted by atomic mass is 32.2. The van der Waals surface area contributed by atoms with Gasteiger partial charge in [0.2, 0.25) is 15.7 Å². The van der Waals surface area contributed by atoms with Crippen LogP contribution in [0.15, 0.2) is 81.6 Å². The van der Waals surface area contributed by atoms with Gasteiger partial charge in [-0.1, -0.05) is 37.6 Å². The summed E-state index contributed by atoms with van der Waals surface area (Å²) < 4.78 is 28.3. The summed E-state index contributed by atoms with van der Waals surface area (Å²) in [5.74, 6) is -0.470. The molecule has 1 N–H and O–H groups in total. The molecule has 0 fully saturated rings. The van der Waals surface area contributed by atoms with Crippen LogP contribution in [0.3, 0.4) is 0 Å². The molecular weight excluding hydrogens is 500 g/mol. The van der Waals surface area contributed by atoms with Crippen LogP contribution in [0.25, 0.3) is 23.4 Å². The second-order valence-electron chi connectivity index (χ2n) is 8.73. The Hall–Kier alpha value is -4.55. The fourth-order valence-corrected chi connectivity index (χ4v) is 5.40. The van der Waals surface area contributed by atoms with Gasteiger partial charge in [-0.3, -0.25) is 14.3 Å². The largest absolute Gasteiger partial charge is 0.493 e. The summed E-state index contributed by atoms with van der Waals surface area (Å²) >= 11 is 0. The Kier molecular flexibility index (Phi) is 7.84. The Balaban J connectivity index is 1.80. The van der Waals surface area contributed by atoms with Crippen molar-refractivity contribution in [3.63, 3.8) is 0 Å². The Morgan fingerprint density at radius 2 is 1.89 bits per heavy atom. The third kappa shape index (κ3) is 5.41. The van der Waals surface area contributed by atoms with E-state index in [1.807, 2.05) is 19.9 Å². The Labute approximate surface area is 221 Å². The summed E-state index contributed by atoms with van der Waals surface area (Å²) in [6.45, 7) is 3.88. The van der Waals surface area contributed by atoms with E-state index < -0.39 is 26.2 Å². The topological polar surface area (TPSA) is 126 Å². The van der Waals surface area contributed by atoms with E-state index in [-0.39, 0.29) is 10.7 Å². The quantitative estimate of drug-likeness (QED) is 0.343. The highest BCUT2D eigenvalue weighted by Crippen LogP contribution is 2.29.